The van der Waals surface area contributed by atoms with E-state index in [-0.39, 0.29) is 5.97 Å². The predicted molar refractivity (Wildman–Crippen MR) is 51.7 cm³/mol. The average molecular weight is 194 g/mol. The highest BCUT2D eigenvalue weighted by atomic mass is 16.5. The molecule has 0 spiro atoms. The highest BCUT2D eigenvalue weighted by molar-refractivity contribution is 5.90. The molecule has 0 amide bonds. The maximum absolute atomic E-state index is 11.4. The van der Waals surface area contributed by atoms with Gasteiger partial charge in [0.15, 0.2) is 0 Å². The molecule has 14 heavy (non-hydrogen) atoms. The van der Waals surface area contributed by atoms with E-state index in [2.05, 4.69) is 6.08 Å². The zero-order valence-electron chi connectivity index (χ0n) is 8.50. The molecule has 0 aromatic rings. The molecule has 1 aliphatic heterocycles. The van der Waals surface area contributed by atoms with Gasteiger partial charge in [-0.3, -0.25) is 0 Å². The molecule has 1 atom stereocenters. The minimum atomic E-state index is -0.204. The molecule has 3 nitrogen and oxygen atoms in total. The van der Waals surface area contributed by atoms with Gasteiger partial charge >= 0.3 is 5.97 Å². The number of fused-ring (bicyclic) bond motifs is 1. The molecule has 1 heterocycles. The van der Waals surface area contributed by atoms with Gasteiger partial charge in [-0.2, -0.15) is 0 Å². The second kappa shape index (κ2) is 3.58. The van der Waals surface area contributed by atoms with Crippen molar-refractivity contribution in [1.82, 2.24) is 0 Å². The third-order valence-electron chi connectivity index (χ3n) is 2.87. The van der Waals surface area contributed by atoms with Crippen LogP contribution in [0.25, 0.3) is 0 Å². The number of hydrogen-bond acceptors (Lipinski definition) is 3. The van der Waals surface area contributed by atoms with E-state index < -0.39 is 0 Å². The lowest BCUT2D eigenvalue weighted by atomic mass is 9.86. The van der Waals surface area contributed by atoms with Gasteiger partial charge in [-0.05, 0) is 24.5 Å². The van der Waals surface area contributed by atoms with E-state index in [0.29, 0.717) is 5.92 Å². The van der Waals surface area contributed by atoms with Crippen LogP contribution in [0.5, 0.6) is 0 Å². The van der Waals surface area contributed by atoms with Crippen LogP contribution < -0.4 is 0 Å². The van der Waals surface area contributed by atoms with Crippen LogP contribution in [-0.4, -0.2) is 26.3 Å². The summed E-state index contributed by atoms with van der Waals surface area (Å²) in [4.78, 5) is 11.4. The van der Waals surface area contributed by atoms with Crippen LogP contribution in [0.15, 0.2) is 22.8 Å². The molecule has 1 unspecified atom stereocenters. The summed E-state index contributed by atoms with van der Waals surface area (Å²) in [6, 6.07) is 0. The van der Waals surface area contributed by atoms with Crippen molar-refractivity contribution < 1.29 is 14.3 Å². The van der Waals surface area contributed by atoms with Crippen molar-refractivity contribution in [3.63, 3.8) is 0 Å². The Balaban J connectivity index is 2.27. The van der Waals surface area contributed by atoms with Gasteiger partial charge in [0, 0.05) is 11.5 Å². The van der Waals surface area contributed by atoms with Crippen LogP contribution in [0, 0.1) is 5.92 Å². The summed E-state index contributed by atoms with van der Waals surface area (Å²) in [7, 11) is 1.42. The van der Waals surface area contributed by atoms with Crippen molar-refractivity contribution in [1.29, 1.82) is 0 Å². The van der Waals surface area contributed by atoms with Crippen LogP contribution in [0.4, 0.5) is 0 Å². The van der Waals surface area contributed by atoms with Gasteiger partial charge in [0.2, 0.25) is 0 Å². The zero-order valence-corrected chi connectivity index (χ0v) is 8.50. The van der Waals surface area contributed by atoms with Gasteiger partial charge in [0.1, 0.15) is 0 Å². The number of hydrogen-bond donors (Lipinski definition) is 0. The monoisotopic (exact) mass is 194 g/mol. The Morgan fingerprint density at radius 3 is 3.14 bits per heavy atom. The van der Waals surface area contributed by atoms with Crippen LogP contribution in [-0.2, 0) is 14.3 Å². The quantitative estimate of drug-likeness (QED) is 0.593. The van der Waals surface area contributed by atoms with Crippen LogP contribution >= 0.6 is 0 Å². The second-order valence-corrected chi connectivity index (χ2v) is 3.79. The average Bonchev–Trinajstić information content (AvgIpc) is 2.62. The summed E-state index contributed by atoms with van der Waals surface area (Å²) in [5.41, 5.74) is 3.13. The van der Waals surface area contributed by atoms with Gasteiger partial charge < -0.3 is 9.47 Å². The lowest BCUT2D eigenvalue weighted by molar-refractivity contribution is -0.136. The molecule has 76 valence electrons. The normalized spacial score (nSPS) is 25.9. The predicted octanol–water partition coefficient (Wildman–Crippen LogP) is 1.45. The largest absolute Gasteiger partial charge is 0.466 e. The third kappa shape index (κ3) is 1.48. The lowest BCUT2D eigenvalue weighted by Gasteiger charge is -2.18. The number of allylic oxidation sites excluding steroid dienone is 2. The Labute approximate surface area is 83.4 Å². The first-order chi connectivity index (χ1) is 6.72. The molecule has 0 aromatic heterocycles. The first-order valence-corrected chi connectivity index (χ1v) is 4.78. The van der Waals surface area contributed by atoms with Crippen LogP contribution in [0.2, 0.25) is 0 Å². The van der Waals surface area contributed by atoms with Crippen molar-refractivity contribution >= 4 is 5.97 Å². The van der Waals surface area contributed by atoms with Crippen LogP contribution in [0.1, 0.15) is 13.3 Å². The molecule has 0 bridgehead atoms. The van der Waals surface area contributed by atoms with Crippen molar-refractivity contribution in [3.05, 3.63) is 22.8 Å². The van der Waals surface area contributed by atoms with Crippen molar-refractivity contribution in [2.24, 2.45) is 5.92 Å². The molecule has 2 aliphatic rings. The molecule has 0 N–H and O–H groups in total. The molecule has 1 aliphatic carbocycles. The van der Waals surface area contributed by atoms with E-state index in [4.69, 9.17) is 9.47 Å². The highest BCUT2D eigenvalue weighted by Gasteiger charge is 2.29. The Morgan fingerprint density at radius 1 is 1.64 bits per heavy atom. The van der Waals surface area contributed by atoms with Crippen LogP contribution in [0.3, 0.4) is 0 Å². The maximum Gasteiger partial charge on any atom is 0.334 e. The van der Waals surface area contributed by atoms with Gasteiger partial charge in [-0.15, -0.1) is 0 Å². The number of methoxy groups -OCH3 is 1. The standard InChI is InChI=1S/C11H14O3/c1-7-3-8-5-14-6-9(8)4-10(7)11(12)13-2/h3,9H,4-6H2,1-2H3. The molecule has 3 heteroatoms. The minimum absolute atomic E-state index is 0.204. The van der Waals surface area contributed by atoms with Crippen molar-refractivity contribution in [2.75, 3.05) is 20.3 Å². The van der Waals surface area contributed by atoms with E-state index in [1.54, 1.807) is 0 Å². The molecule has 2 rings (SSSR count). The summed E-state index contributed by atoms with van der Waals surface area (Å²) in [5.74, 6) is 0.192. The molecule has 0 saturated carbocycles. The summed E-state index contributed by atoms with van der Waals surface area (Å²) in [5, 5.41) is 0. The van der Waals surface area contributed by atoms with Crippen molar-refractivity contribution in [3.8, 4) is 0 Å². The second-order valence-electron chi connectivity index (χ2n) is 3.79. The van der Waals surface area contributed by atoms with Crippen molar-refractivity contribution in [2.45, 2.75) is 13.3 Å². The van der Waals surface area contributed by atoms with E-state index in [9.17, 15) is 4.79 Å². The maximum atomic E-state index is 11.4. The van der Waals surface area contributed by atoms with E-state index in [1.165, 1.54) is 12.7 Å². The van der Waals surface area contributed by atoms with Gasteiger partial charge in [0.05, 0.1) is 20.3 Å². The smallest absolute Gasteiger partial charge is 0.334 e. The fraction of sp³-hybridized carbons (Fsp3) is 0.545. The third-order valence-corrected chi connectivity index (χ3v) is 2.87. The van der Waals surface area contributed by atoms with E-state index >= 15 is 0 Å². The minimum Gasteiger partial charge on any atom is -0.466 e. The zero-order chi connectivity index (χ0) is 10.1. The fourth-order valence-electron chi connectivity index (χ4n) is 2.03. The van der Waals surface area contributed by atoms with Gasteiger partial charge in [0.25, 0.3) is 0 Å². The number of carbonyl (C=O) groups is 1. The number of carbonyl (C=O) groups excluding carboxylic acids is 1. The number of rotatable bonds is 1. The molecular formula is C11H14O3. The van der Waals surface area contributed by atoms with Gasteiger partial charge in [-0.25, -0.2) is 4.79 Å². The Bertz CT molecular complexity index is 325. The topological polar surface area (TPSA) is 35.5 Å². The summed E-state index contributed by atoms with van der Waals surface area (Å²) in [6.07, 6.45) is 2.83. The fourth-order valence-corrected chi connectivity index (χ4v) is 2.03. The first-order valence-electron chi connectivity index (χ1n) is 4.78. The summed E-state index contributed by atoms with van der Waals surface area (Å²) >= 11 is 0. The Morgan fingerprint density at radius 2 is 2.43 bits per heavy atom. The van der Waals surface area contributed by atoms with E-state index in [1.807, 2.05) is 6.92 Å². The SMILES string of the molecule is COC(=O)C1=C(C)C=C2COCC2C1. The molecule has 0 aromatic carbocycles. The first kappa shape index (κ1) is 9.46. The number of ether oxygens (including phenoxy) is 2. The summed E-state index contributed by atoms with van der Waals surface area (Å²) < 4.78 is 10.1. The lowest BCUT2D eigenvalue weighted by Crippen LogP contribution is -2.16. The molecule has 1 fully saturated rings. The Hall–Kier alpha value is -1.09. The highest BCUT2D eigenvalue weighted by Crippen LogP contribution is 2.33. The number of esters is 1. The molecule has 1 saturated heterocycles. The van der Waals surface area contributed by atoms with Gasteiger partial charge in [-0.1, -0.05) is 6.08 Å². The molecular weight excluding hydrogens is 180 g/mol. The summed E-state index contributed by atoms with van der Waals surface area (Å²) in [6.45, 7) is 3.41. The van der Waals surface area contributed by atoms with E-state index in [0.717, 1.165) is 30.8 Å². The molecule has 0 radical (unpaired) electrons. The Kier molecular flexibility index (Phi) is 2.42.